The van der Waals surface area contributed by atoms with E-state index < -0.39 is 11.2 Å². The summed E-state index contributed by atoms with van der Waals surface area (Å²) in [4.78, 5) is 22.3. The first-order valence-corrected chi connectivity index (χ1v) is 4.92. The Morgan fingerprint density at radius 2 is 2.20 bits per heavy atom. The summed E-state index contributed by atoms with van der Waals surface area (Å²) < 4.78 is 6.19. The van der Waals surface area contributed by atoms with Crippen LogP contribution < -0.4 is 0 Å². The summed E-state index contributed by atoms with van der Waals surface area (Å²) in [5.74, 6) is -0.504. The summed E-state index contributed by atoms with van der Waals surface area (Å²) in [7, 11) is 0. The van der Waals surface area contributed by atoms with Gasteiger partial charge in [0.15, 0.2) is 0 Å². The van der Waals surface area contributed by atoms with Crippen molar-refractivity contribution in [2.24, 2.45) is 0 Å². The van der Waals surface area contributed by atoms with E-state index in [0.717, 1.165) is 0 Å². The number of carbonyl (C=O) groups is 2. The Morgan fingerprint density at radius 3 is 2.67 bits per heavy atom. The van der Waals surface area contributed by atoms with E-state index in [0.29, 0.717) is 6.54 Å². The van der Waals surface area contributed by atoms with E-state index in [4.69, 9.17) is 16.3 Å². The van der Waals surface area contributed by atoms with Gasteiger partial charge in [0.25, 0.3) is 5.24 Å². The number of hydrogen-bond donors (Lipinski definition) is 0. The number of aryl methyl sites for hydroxylation is 1. The normalized spacial score (nSPS) is 10.1. The molecule has 0 aromatic carbocycles. The second-order valence-corrected chi connectivity index (χ2v) is 3.07. The zero-order chi connectivity index (χ0) is 11.4. The number of halogens is 1. The monoisotopic (exact) mass is 230 g/mol. The van der Waals surface area contributed by atoms with Gasteiger partial charge in [-0.2, -0.15) is 5.10 Å². The Morgan fingerprint density at radius 1 is 1.53 bits per heavy atom. The summed E-state index contributed by atoms with van der Waals surface area (Å²) in [5, 5.41) is 3.18. The lowest BCUT2D eigenvalue weighted by Crippen LogP contribution is -2.12. The molecule has 0 fully saturated rings. The molecule has 5 nitrogen and oxygen atoms in total. The Kier molecular flexibility index (Phi) is 3.85. The van der Waals surface area contributed by atoms with Crippen molar-refractivity contribution < 1.29 is 14.3 Å². The van der Waals surface area contributed by atoms with Crippen LogP contribution in [0.25, 0.3) is 0 Å². The van der Waals surface area contributed by atoms with Crippen molar-refractivity contribution in [2.45, 2.75) is 20.4 Å². The van der Waals surface area contributed by atoms with Crippen molar-refractivity contribution >= 4 is 22.8 Å². The fourth-order valence-electron chi connectivity index (χ4n) is 1.12. The van der Waals surface area contributed by atoms with E-state index in [9.17, 15) is 9.59 Å². The Bertz CT molecular complexity index is 387. The van der Waals surface area contributed by atoms with Crippen LogP contribution in [0.4, 0.5) is 0 Å². The molecule has 0 saturated heterocycles. The third-order valence-electron chi connectivity index (χ3n) is 1.77. The van der Waals surface area contributed by atoms with Crippen LogP contribution in [-0.2, 0) is 11.3 Å². The van der Waals surface area contributed by atoms with Gasteiger partial charge in [-0.3, -0.25) is 9.48 Å². The molecule has 1 aromatic rings. The second kappa shape index (κ2) is 4.93. The van der Waals surface area contributed by atoms with Gasteiger partial charge in [-0.1, -0.05) is 0 Å². The molecule has 0 radical (unpaired) electrons. The van der Waals surface area contributed by atoms with E-state index >= 15 is 0 Å². The van der Waals surface area contributed by atoms with Gasteiger partial charge in [-0.05, 0) is 25.4 Å². The number of aromatic nitrogens is 2. The molecule has 0 saturated carbocycles. The lowest BCUT2D eigenvalue weighted by molar-refractivity contribution is 0.0512. The molecule has 15 heavy (non-hydrogen) atoms. The first-order valence-electron chi connectivity index (χ1n) is 4.55. The molecule has 0 unspecified atom stereocenters. The van der Waals surface area contributed by atoms with Gasteiger partial charge in [0.05, 0.1) is 6.61 Å². The zero-order valence-corrected chi connectivity index (χ0v) is 9.24. The largest absolute Gasteiger partial charge is 0.461 e. The van der Waals surface area contributed by atoms with Crippen molar-refractivity contribution in [1.29, 1.82) is 0 Å². The number of rotatable bonds is 4. The van der Waals surface area contributed by atoms with Crippen LogP contribution >= 0.6 is 11.6 Å². The van der Waals surface area contributed by atoms with E-state index in [1.54, 1.807) is 13.8 Å². The lowest BCUT2D eigenvalue weighted by Gasteiger charge is -2.02. The maximum atomic E-state index is 11.4. The highest BCUT2D eigenvalue weighted by molar-refractivity contribution is 6.67. The molecule has 0 spiro atoms. The van der Waals surface area contributed by atoms with Crippen LogP contribution in [0.15, 0.2) is 6.07 Å². The van der Waals surface area contributed by atoms with Crippen LogP contribution in [0.2, 0.25) is 0 Å². The fourth-order valence-corrected chi connectivity index (χ4v) is 1.22. The molecule has 6 heteroatoms. The standard InChI is InChI=1S/C9H11ClN2O3/c1-3-12-7(9(14)15-4-2)5-6(11-12)8(10)13/h5H,3-4H2,1-2H3. The van der Waals surface area contributed by atoms with Crippen molar-refractivity contribution in [2.75, 3.05) is 6.61 Å². The smallest absolute Gasteiger partial charge is 0.356 e. The molecule has 82 valence electrons. The quantitative estimate of drug-likeness (QED) is 0.580. The number of nitrogens with zero attached hydrogens (tertiary/aromatic N) is 2. The van der Waals surface area contributed by atoms with Crippen LogP contribution in [0.1, 0.15) is 34.8 Å². The van der Waals surface area contributed by atoms with Crippen molar-refractivity contribution in [3.8, 4) is 0 Å². The molecule has 1 rings (SSSR count). The Balaban J connectivity index is 3.05. The van der Waals surface area contributed by atoms with E-state index in [2.05, 4.69) is 5.10 Å². The van der Waals surface area contributed by atoms with Crippen LogP contribution in [-0.4, -0.2) is 27.6 Å². The minimum Gasteiger partial charge on any atom is -0.461 e. The number of carbonyl (C=O) groups excluding carboxylic acids is 2. The summed E-state index contributed by atoms with van der Waals surface area (Å²) in [5.41, 5.74) is 0.296. The van der Waals surface area contributed by atoms with Crippen LogP contribution in [0.3, 0.4) is 0 Å². The zero-order valence-electron chi connectivity index (χ0n) is 8.49. The number of esters is 1. The Hall–Kier alpha value is -1.36. The maximum Gasteiger partial charge on any atom is 0.356 e. The Labute approximate surface area is 92.0 Å². The van der Waals surface area contributed by atoms with Gasteiger partial charge in [0.2, 0.25) is 0 Å². The van der Waals surface area contributed by atoms with Crippen LogP contribution in [0, 0.1) is 0 Å². The van der Waals surface area contributed by atoms with Crippen LogP contribution in [0.5, 0.6) is 0 Å². The van der Waals surface area contributed by atoms with Crippen molar-refractivity contribution in [3.63, 3.8) is 0 Å². The molecule has 0 amide bonds. The molecule has 1 heterocycles. The molecule has 1 aromatic heterocycles. The van der Waals surface area contributed by atoms with E-state index in [1.165, 1.54) is 10.7 Å². The molecule has 0 bridgehead atoms. The third-order valence-corrected chi connectivity index (χ3v) is 1.96. The van der Waals surface area contributed by atoms with E-state index in [1.807, 2.05) is 0 Å². The predicted octanol–water partition coefficient (Wildman–Crippen LogP) is 1.46. The summed E-state index contributed by atoms with van der Waals surface area (Å²) in [6, 6.07) is 1.33. The van der Waals surface area contributed by atoms with Crippen molar-refractivity contribution in [3.05, 3.63) is 17.5 Å². The second-order valence-electron chi connectivity index (χ2n) is 2.72. The summed E-state index contributed by atoms with van der Waals surface area (Å²) in [6.07, 6.45) is 0. The SMILES string of the molecule is CCOC(=O)c1cc(C(=O)Cl)nn1CC. The minimum atomic E-state index is -0.687. The highest BCUT2D eigenvalue weighted by Gasteiger charge is 2.17. The first kappa shape index (κ1) is 11.7. The molecule has 0 aliphatic heterocycles. The first-order chi connectivity index (χ1) is 7.10. The molecule has 0 N–H and O–H groups in total. The highest BCUT2D eigenvalue weighted by atomic mass is 35.5. The van der Waals surface area contributed by atoms with Gasteiger partial charge in [0.1, 0.15) is 11.4 Å². The average molecular weight is 231 g/mol. The fraction of sp³-hybridized carbons (Fsp3) is 0.444. The number of hydrogen-bond acceptors (Lipinski definition) is 4. The molecule has 0 aliphatic rings. The van der Waals surface area contributed by atoms with Gasteiger partial charge < -0.3 is 4.74 Å². The minimum absolute atomic E-state index is 0.0570. The number of ether oxygens (including phenoxy) is 1. The van der Waals surface area contributed by atoms with Gasteiger partial charge >= 0.3 is 5.97 Å². The molecule has 0 aliphatic carbocycles. The van der Waals surface area contributed by atoms with Gasteiger partial charge in [0, 0.05) is 12.6 Å². The van der Waals surface area contributed by atoms with Gasteiger partial charge in [-0.15, -0.1) is 0 Å². The predicted molar refractivity (Wildman–Crippen MR) is 54.0 cm³/mol. The summed E-state index contributed by atoms with van der Waals surface area (Å²) >= 11 is 5.26. The topological polar surface area (TPSA) is 61.2 Å². The highest BCUT2D eigenvalue weighted by Crippen LogP contribution is 2.08. The van der Waals surface area contributed by atoms with E-state index in [-0.39, 0.29) is 18.0 Å². The third kappa shape index (κ3) is 2.56. The summed E-state index contributed by atoms with van der Waals surface area (Å²) in [6.45, 7) is 4.26. The van der Waals surface area contributed by atoms with Gasteiger partial charge in [-0.25, -0.2) is 4.79 Å². The lowest BCUT2D eigenvalue weighted by atomic mass is 10.3. The maximum absolute atomic E-state index is 11.4. The molecular formula is C9H11ClN2O3. The average Bonchev–Trinajstić information content (AvgIpc) is 2.61. The van der Waals surface area contributed by atoms with Crippen molar-refractivity contribution in [1.82, 2.24) is 9.78 Å². The molecular weight excluding hydrogens is 220 g/mol. The molecule has 0 atom stereocenters.